The largest absolute Gasteiger partial charge is 0.352 e. The molecule has 1 unspecified atom stereocenters. The summed E-state index contributed by atoms with van der Waals surface area (Å²) in [5.41, 5.74) is 0.628. The summed E-state index contributed by atoms with van der Waals surface area (Å²) >= 11 is 12.1. The van der Waals surface area contributed by atoms with Gasteiger partial charge in [-0.15, -0.1) is 0 Å². The molecular weight excluding hydrogens is 516 g/mol. The van der Waals surface area contributed by atoms with Crippen LogP contribution >= 0.6 is 23.2 Å². The Balaban J connectivity index is 1.89. The number of carbonyl (C=O) groups is 2. The van der Waals surface area contributed by atoms with Gasteiger partial charge in [-0.2, -0.15) is 0 Å². The molecule has 0 spiro atoms. The highest BCUT2D eigenvalue weighted by Gasteiger charge is 2.31. The smallest absolute Gasteiger partial charge is 0.244 e. The topological polar surface area (TPSA) is 86.8 Å². The number of hydrogen-bond donors (Lipinski definition) is 1. The number of amides is 2. The summed E-state index contributed by atoms with van der Waals surface area (Å²) in [7, 11) is -3.93. The van der Waals surface area contributed by atoms with Crippen LogP contribution in [-0.4, -0.2) is 50.0 Å². The van der Waals surface area contributed by atoms with Gasteiger partial charge in [0, 0.05) is 12.6 Å². The molecule has 1 aliphatic carbocycles. The fraction of sp³-hybridized carbons (Fsp3) is 0.417. The van der Waals surface area contributed by atoms with Crippen molar-refractivity contribution in [1.29, 1.82) is 0 Å². The Labute approximate surface area is 215 Å². The van der Waals surface area contributed by atoms with Crippen molar-refractivity contribution in [1.82, 2.24) is 10.2 Å². The molecule has 0 heterocycles. The van der Waals surface area contributed by atoms with Crippen LogP contribution in [0.4, 0.5) is 10.1 Å². The first-order chi connectivity index (χ1) is 16.5. The standard InChI is InChI=1S/C24H28Cl2FN3O4S/c1-16(24(32)28-19-7-3-4-8-19)29(14-17-10-11-21(25)22(26)12-17)23(31)15-30(35(2,33)34)20-9-5-6-18(27)13-20/h5-6,9-13,16,19H,3-4,7-8,14-15H2,1-2H3,(H,28,32). The van der Waals surface area contributed by atoms with Crippen LogP contribution in [0.25, 0.3) is 0 Å². The SMILES string of the molecule is CC(C(=O)NC1CCCC1)N(Cc1ccc(Cl)c(Cl)c1)C(=O)CN(c1cccc(F)c1)S(C)(=O)=O. The van der Waals surface area contributed by atoms with Gasteiger partial charge in [-0.3, -0.25) is 13.9 Å². The number of carbonyl (C=O) groups excluding carboxylic acids is 2. The first kappa shape index (κ1) is 27.2. The summed E-state index contributed by atoms with van der Waals surface area (Å²) < 4.78 is 39.6. The maximum absolute atomic E-state index is 13.8. The fourth-order valence-electron chi connectivity index (χ4n) is 4.05. The monoisotopic (exact) mass is 543 g/mol. The first-order valence-electron chi connectivity index (χ1n) is 11.2. The molecule has 2 aromatic carbocycles. The van der Waals surface area contributed by atoms with Crippen molar-refractivity contribution in [3.05, 3.63) is 63.9 Å². The molecule has 0 radical (unpaired) electrons. The molecule has 0 bridgehead atoms. The summed E-state index contributed by atoms with van der Waals surface area (Å²) in [4.78, 5) is 27.8. The molecular formula is C24H28Cl2FN3O4S. The normalized spacial score (nSPS) is 15.0. The van der Waals surface area contributed by atoms with Gasteiger partial charge in [0.25, 0.3) is 0 Å². The van der Waals surface area contributed by atoms with Crippen LogP contribution in [-0.2, 0) is 26.2 Å². The molecule has 1 atom stereocenters. The van der Waals surface area contributed by atoms with E-state index in [1.807, 2.05) is 0 Å². The molecule has 0 saturated heterocycles. The third kappa shape index (κ3) is 7.32. The molecule has 0 aromatic heterocycles. The molecule has 190 valence electrons. The van der Waals surface area contributed by atoms with Crippen molar-refractivity contribution < 1.29 is 22.4 Å². The quantitative estimate of drug-likeness (QED) is 0.508. The number of anilines is 1. The van der Waals surface area contributed by atoms with Crippen molar-refractivity contribution in [2.24, 2.45) is 0 Å². The van der Waals surface area contributed by atoms with Crippen LogP contribution in [0.5, 0.6) is 0 Å². The van der Waals surface area contributed by atoms with E-state index < -0.39 is 34.3 Å². The molecule has 11 heteroatoms. The molecule has 1 N–H and O–H groups in total. The zero-order chi connectivity index (χ0) is 25.8. The summed E-state index contributed by atoms with van der Waals surface area (Å²) in [5, 5.41) is 3.61. The second-order valence-electron chi connectivity index (χ2n) is 8.69. The number of benzene rings is 2. The molecule has 1 aliphatic rings. The van der Waals surface area contributed by atoms with Crippen LogP contribution in [0.2, 0.25) is 10.0 Å². The van der Waals surface area contributed by atoms with E-state index in [0.717, 1.165) is 42.3 Å². The van der Waals surface area contributed by atoms with Crippen molar-refractivity contribution in [2.75, 3.05) is 17.1 Å². The molecule has 2 aromatic rings. The zero-order valence-electron chi connectivity index (χ0n) is 19.5. The number of nitrogens with one attached hydrogen (secondary N) is 1. The summed E-state index contributed by atoms with van der Waals surface area (Å²) in [6.07, 6.45) is 4.75. The Hall–Kier alpha value is -2.36. The lowest BCUT2D eigenvalue weighted by Gasteiger charge is -2.32. The lowest BCUT2D eigenvalue weighted by Crippen LogP contribution is -2.52. The summed E-state index contributed by atoms with van der Waals surface area (Å²) in [5.74, 6) is -1.60. The van der Waals surface area contributed by atoms with Gasteiger partial charge in [-0.05, 0) is 55.7 Å². The van der Waals surface area contributed by atoms with Crippen molar-refractivity contribution >= 4 is 50.7 Å². The molecule has 1 fully saturated rings. The van der Waals surface area contributed by atoms with Gasteiger partial charge in [-0.1, -0.05) is 48.2 Å². The van der Waals surface area contributed by atoms with E-state index in [0.29, 0.717) is 10.6 Å². The van der Waals surface area contributed by atoms with Crippen LogP contribution in [0, 0.1) is 5.82 Å². The molecule has 35 heavy (non-hydrogen) atoms. The van der Waals surface area contributed by atoms with Crippen LogP contribution < -0.4 is 9.62 Å². The third-order valence-corrected chi connectivity index (χ3v) is 7.86. The first-order valence-corrected chi connectivity index (χ1v) is 13.8. The average Bonchev–Trinajstić information content (AvgIpc) is 3.29. The van der Waals surface area contributed by atoms with Gasteiger partial charge >= 0.3 is 0 Å². The van der Waals surface area contributed by atoms with E-state index in [1.54, 1.807) is 25.1 Å². The molecule has 7 nitrogen and oxygen atoms in total. The predicted octanol–water partition coefficient (Wildman–Crippen LogP) is 4.37. The second-order valence-corrected chi connectivity index (χ2v) is 11.4. The Kier molecular flexibility index (Phi) is 9.01. The molecule has 0 aliphatic heterocycles. The van der Waals surface area contributed by atoms with Crippen molar-refractivity contribution in [3.63, 3.8) is 0 Å². The van der Waals surface area contributed by atoms with Gasteiger partial charge in [0.1, 0.15) is 18.4 Å². The second kappa shape index (κ2) is 11.6. The zero-order valence-corrected chi connectivity index (χ0v) is 21.8. The average molecular weight is 544 g/mol. The van der Waals surface area contributed by atoms with Crippen molar-refractivity contribution in [3.8, 4) is 0 Å². The lowest BCUT2D eigenvalue weighted by atomic mass is 10.1. The number of hydrogen-bond acceptors (Lipinski definition) is 4. The van der Waals surface area contributed by atoms with E-state index in [9.17, 15) is 22.4 Å². The third-order valence-electron chi connectivity index (χ3n) is 5.98. The van der Waals surface area contributed by atoms with Crippen LogP contribution in [0.15, 0.2) is 42.5 Å². The van der Waals surface area contributed by atoms with Gasteiger partial charge < -0.3 is 10.2 Å². The minimum Gasteiger partial charge on any atom is -0.352 e. The minimum absolute atomic E-state index is 0.00424. The summed E-state index contributed by atoms with van der Waals surface area (Å²) in [6, 6.07) is 8.98. The lowest BCUT2D eigenvalue weighted by molar-refractivity contribution is -0.139. The van der Waals surface area contributed by atoms with E-state index >= 15 is 0 Å². The number of sulfonamides is 1. The van der Waals surface area contributed by atoms with Crippen LogP contribution in [0.1, 0.15) is 38.2 Å². The van der Waals surface area contributed by atoms with Gasteiger partial charge in [0.15, 0.2) is 0 Å². The van der Waals surface area contributed by atoms with E-state index in [2.05, 4.69) is 5.32 Å². The molecule has 3 rings (SSSR count). The van der Waals surface area contributed by atoms with Gasteiger partial charge in [0.05, 0.1) is 22.0 Å². The number of nitrogens with zero attached hydrogens (tertiary/aromatic N) is 2. The Morgan fingerprint density at radius 3 is 2.40 bits per heavy atom. The van der Waals surface area contributed by atoms with Crippen molar-refractivity contribution in [2.45, 2.75) is 51.2 Å². The molecule has 2 amide bonds. The number of halogens is 3. The summed E-state index contributed by atoms with van der Waals surface area (Å²) in [6.45, 7) is 0.979. The Morgan fingerprint density at radius 2 is 1.80 bits per heavy atom. The Morgan fingerprint density at radius 1 is 1.11 bits per heavy atom. The predicted molar refractivity (Wildman–Crippen MR) is 135 cm³/mol. The highest BCUT2D eigenvalue weighted by atomic mass is 35.5. The van der Waals surface area contributed by atoms with E-state index in [-0.39, 0.29) is 29.2 Å². The maximum atomic E-state index is 13.8. The van der Waals surface area contributed by atoms with E-state index in [1.165, 1.54) is 23.1 Å². The van der Waals surface area contributed by atoms with E-state index in [4.69, 9.17) is 23.2 Å². The minimum atomic E-state index is -3.93. The highest BCUT2D eigenvalue weighted by Crippen LogP contribution is 2.25. The van der Waals surface area contributed by atoms with Gasteiger partial charge in [0.2, 0.25) is 21.8 Å². The number of rotatable bonds is 9. The Bertz CT molecular complexity index is 1190. The highest BCUT2D eigenvalue weighted by molar-refractivity contribution is 7.92. The molecule has 1 saturated carbocycles. The van der Waals surface area contributed by atoms with Crippen LogP contribution in [0.3, 0.4) is 0 Å². The van der Waals surface area contributed by atoms with Gasteiger partial charge in [-0.25, -0.2) is 12.8 Å². The maximum Gasteiger partial charge on any atom is 0.244 e. The fourth-order valence-corrected chi connectivity index (χ4v) is 5.22.